The number of aromatic hydroxyl groups is 1. The van der Waals surface area contributed by atoms with Gasteiger partial charge in [-0.15, -0.1) is 0 Å². The topological polar surface area (TPSA) is 59.7 Å². The normalized spacial score (nSPS) is 15.1. The van der Waals surface area contributed by atoms with Crippen LogP contribution in [0.15, 0.2) is 57.8 Å². The Morgan fingerprint density at radius 3 is 2.71 bits per heavy atom. The van der Waals surface area contributed by atoms with Crippen LogP contribution in [0.1, 0.15) is 19.4 Å². The van der Waals surface area contributed by atoms with E-state index in [1.54, 1.807) is 6.07 Å². The number of rotatable bonds is 1. The fraction of sp³-hybridized carbons (Fsp3) is 0.150. The Balaban J connectivity index is 1.85. The highest BCUT2D eigenvalue weighted by Crippen LogP contribution is 2.34. The van der Waals surface area contributed by atoms with Crippen LogP contribution in [-0.2, 0) is 0 Å². The summed E-state index contributed by atoms with van der Waals surface area (Å²) in [5.74, 6) is 1.32. The molecule has 0 unspecified atom stereocenters. The minimum absolute atomic E-state index is 0.0619. The number of benzene rings is 2. The molecule has 2 aromatic carbocycles. The van der Waals surface area contributed by atoms with Gasteiger partial charge in [0, 0.05) is 23.3 Å². The first kappa shape index (κ1) is 14.6. The zero-order valence-electron chi connectivity index (χ0n) is 13.4. The number of phenolic OH excluding ortho intramolecular Hbond substituents is 1. The standard InChI is InChI=1S/C20H16O4/c1-20(2)8-7-13-9-12(3-6-17(13)24-20)18-11-16(22)15-5-4-14(21)10-19(15)23-18/h3-11,21H,1-2H3. The predicted molar refractivity (Wildman–Crippen MR) is 93.3 cm³/mol. The van der Waals surface area contributed by atoms with E-state index < -0.39 is 0 Å². The van der Waals surface area contributed by atoms with Crippen molar-refractivity contribution in [3.63, 3.8) is 0 Å². The fourth-order valence-corrected chi connectivity index (χ4v) is 2.82. The summed E-state index contributed by atoms with van der Waals surface area (Å²) in [6.07, 6.45) is 4.00. The summed E-state index contributed by atoms with van der Waals surface area (Å²) in [4.78, 5) is 12.3. The molecule has 0 spiro atoms. The molecule has 4 nitrogen and oxygen atoms in total. The lowest BCUT2D eigenvalue weighted by Gasteiger charge is -2.27. The smallest absolute Gasteiger partial charge is 0.193 e. The Kier molecular flexibility index (Phi) is 3.03. The molecule has 3 aromatic rings. The molecule has 1 aliphatic rings. The van der Waals surface area contributed by atoms with E-state index in [1.165, 1.54) is 18.2 Å². The third-order valence-corrected chi connectivity index (χ3v) is 4.04. The molecule has 0 saturated carbocycles. The Morgan fingerprint density at radius 2 is 1.88 bits per heavy atom. The average molecular weight is 320 g/mol. The van der Waals surface area contributed by atoms with Crippen molar-refractivity contribution >= 4 is 17.0 Å². The van der Waals surface area contributed by atoms with Gasteiger partial charge in [0.1, 0.15) is 28.4 Å². The second-order valence-corrected chi connectivity index (χ2v) is 6.45. The van der Waals surface area contributed by atoms with E-state index in [4.69, 9.17) is 9.15 Å². The summed E-state index contributed by atoms with van der Waals surface area (Å²) in [6, 6.07) is 11.6. The van der Waals surface area contributed by atoms with Gasteiger partial charge in [0.15, 0.2) is 5.43 Å². The van der Waals surface area contributed by atoms with Gasteiger partial charge in [0.05, 0.1) is 5.39 Å². The predicted octanol–water partition coefficient (Wildman–Crippen LogP) is 4.35. The van der Waals surface area contributed by atoms with Gasteiger partial charge in [0.2, 0.25) is 0 Å². The van der Waals surface area contributed by atoms with Crippen molar-refractivity contribution in [1.29, 1.82) is 0 Å². The Bertz CT molecular complexity index is 1040. The van der Waals surface area contributed by atoms with Gasteiger partial charge in [-0.05, 0) is 50.3 Å². The van der Waals surface area contributed by atoms with E-state index in [-0.39, 0.29) is 16.8 Å². The fourth-order valence-electron chi connectivity index (χ4n) is 2.82. The first-order valence-corrected chi connectivity index (χ1v) is 7.71. The van der Waals surface area contributed by atoms with E-state index in [0.717, 1.165) is 16.9 Å². The van der Waals surface area contributed by atoms with Gasteiger partial charge >= 0.3 is 0 Å². The molecule has 120 valence electrons. The quantitative estimate of drug-likeness (QED) is 0.724. The van der Waals surface area contributed by atoms with Crippen LogP contribution >= 0.6 is 0 Å². The van der Waals surface area contributed by atoms with E-state index in [0.29, 0.717) is 16.7 Å². The molecular weight excluding hydrogens is 304 g/mol. The minimum Gasteiger partial charge on any atom is -0.508 e. The summed E-state index contributed by atoms with van der Waals surface area (Å²) in [5, 5.41) is 10.0. The van der Waals surface area contributed by atoms with Crippen molar-refractivity contribution < 1.29 is 14.3 Å². The first-order valence-electron chi connectivity index (χ1n) is 7.71. The Hall–Kier alpha value is -3.01. The highest BCUT2D eigenvalue weighted by molar-refractivity contribution is 5.80. The van der Waals surface area contributed by atoms with Crippen LogP contribution in [0, 0.1) is 0 Å². The number of fused-ring (bicyclic) bond motifs is 2. The van der Waals surface area contributed by atoms with Crippen molar-refractivity contribution in [2.45, 2.75) is 19.4 Å². The van der Waals surface area contributed by atoms with Crippen molar-refractivity contribution in [3.8, 4) is 22.8 Å². The van der Waals surface area contributed by atoms with Gasteiger partial charge in [-0.3, -0.25) is 4.79 Å². The van der Waals surface area contributed by atoms with E-state index in [1.807, 2.05) is 44.2 Å². The molecular formula is C20H16O4. The SMILES string of the molecule is CC1(C)C=Cc2cc(-c3cc(=O)c4ccc(O)cc4o3)ccc2O1. The second-order valence-electron chi connectivity index (χ2n) is 6.45. The molecule has 4 rings (SSSR count). The van der Waals surface area contributed by atoms with Gasteiger partial charge in [-0.1, -0.05) is 6.08 Å². The van der Waals surface area contributed by atoms with Crippen LogP contribution < -0.4 is 10.2 Å². The molecule has 0 fully saturated rings. The maximum absolute atomic E-state index is 12.3. The average Bonchev–Trinajstić information content (AvgIpc) is 2.53. The van der Waals surface area contributed by atoms with Gasteiger partial charge in [-0.2, -0.15) is 0 Å². The molecule has 4 heteroatoms. The third-order valence-electron chi connectivity index (χ3n) is 4.04. The van der Waals surface area contributed by atoms with Crippen LogP contribution in [0.3, 0.4) is 0 Å². The van der Waals surface area contributed by atoms with Crippen LogP contribution in [0.2, 0.25) is 0 Å². The molecule has 0 radical (unpaired) electrons. The maximum atomic E-state index is 12.3. The van der Waals surface area contributed by atoms with Gasteiger partial charge < -0.3 is 14.3 Å². The lowest BCUT2D eigenvalue weighted by molar-refractivity contribution is 0.159. The third kappa shape index (κ3) is 2.46. The van der Waals surface area contributed by atoms with Crippen molar-refractivity contribution in [3.05, 3.63) is 64.3 Å². The lowest BCUT2D eigenvalue weighted by atomic mass is 10.00. The number of hydrogen-bond acceptors (Lipinski definition) is 4. The summed E-state index contributed by atoms with van der Waals surface area (Å²) >= 11 is 0. The Labute approximate surface area is 138 Å². The summed E-state index contributed by atoms with van der Waals surface area (Å²) in [5.41, 5.74) is 1.61. The van der Waals surface area contributed by atoms with Crippen LogP contribution in [0.25, 0.3) is 28.4 Å². The highest BCUT2D eigenvalue weighted by Gasteiger charge is 2.22. The van der Waals surface area contributed by atoms with Crippen LogP contribution in [-0.4, -0.2) is 10.7 Å². The van der Waals surface area contributed by atoms with E-state index in [9.17, 15) is 9.90 Å². The monoisotopic (exact) mass is 320 g/mol. The molecule has 24 heavy (non-hydrogen) atoms. The van der Waals surface area contributed by atoms with Crippen molar-refractivity contribution in [1.82, 2.24) is 0 Å². The van der Waals surface area contributed by atoms with Crippen molar-refractivity contribution in [2.75, 3.05) is 0 Å². The molecule has 0 atom stereocenters. The number of ether oxygens (including phenoxy) is 1. The summed E-state index contributed by atoms with van der Waals surface area (Å²) in [7, 11) is 0. The second kappa shape index (κ2) is 4.99. The number of hydrogen-bond donors (Lipinski definition) is 1. The molecule has 0 saturated heterocycles. The molecule has 1 aromatic heterocycles. The Morgan fingerprint density at radius 1 is 1.04 bits per heavy atom. The molecule has 1 aliphatic heterocycles. The first-order chi connectivity index (χ1) is 11.4. The van der Waals surface area contributed by atoms with Gasteiger partial charge in [-0.25, -0.2) is 0 Å². The largest absolute Gasteiger partial charge is 0.508 e. The molecule has 0 aliphatic carbocycles. The van der Waals surface area contributed by atoms with Crippen molar-refractivity contribution in [2.24, 2.45) is 0 Å². The highest BCUT2D eigenvalue weighted by atomic mass is 16.5. The zero-order valence-corrected chi connectivity index (χ0v) is 13.4. The summed E-state index contributed by atoms with van der Waals surface area (Å²) in [6.45, 7) is 3.99. The van der Waals surface area contributed by atoms with Crippen LogP contribution in [0.4, 0.5) is 0 Å². The molecule has 1 N–H and O–H groups in total. The lowest BCUT2D eigenvalue weighted by Crippen LogP contribution is -2.27. The maximum Gasteiger partial charge on any atom is 0.193 e. The van der Waals surface area contributed by atoms with Gasteiger partial charge in [0.25, 0.3) is 0 Å². The molecule has 2 heterocycles. The molecule has 0 bridgehead atoms. The van der Waals surface area contributed by atoms with Crippen LogP contribution in [0.5, 0.6) is 11.5 Å². The number of phenols is 1. The van der Waals surface area contributed by atoms with E-state index >= 15 is 0 Å². The summed E-state index contributed by atoms with van der Waals surface area (Å²) < 4.78 is 11.7. The van der Waals surface area contributed by atoms with E-state index in [2.05, 4.69) is 0 Å². The zero-order chi connectivity index (χ0) is 16.9. The molecule has 0 amide bonds. The minimum atomic E-state index is -0.332.